The van der Waals surface area contributed by atoms with Crippen LogP contribution in [-0.2, 0) is 6.54 Å². The molecule has 0 saturated heterocycles. The van der Waals surface area contributed by atoms with Crippen molar-refractivity contribution >= 4 is 5.91 Å². The van der Waals surface area contributed by atoms with Gasteiger partial charge in [0.05, 0.1) is 0 Å². The van der Waals surface area contributed by atoms with Gasteiger partial charge >= 0.3 is 0 Å². The Hall–Kier alpha value is -1.32. The van der Waals surface area contributed by atoms with E-state index in [0.717, 1.165) is 19.5 Å². The zero-order valence-corrected chi connectivity index (χ0v) is 9.78. The van der Waals surface area contributed by atoms with Crippen molar-refractivity contribution in [3.8, 4) is 0 Å². The van der Waals surface area contributed by atoms with E-state index >= 15 is 0 Å². The van der Waals surface area contributed by atoms with E-state index in [-0.39, 0.29) is 5.91 Å². The number of carbonyl (C=O) groups excluding carboxylic acids is 1. The highest BCUT2D eigenvalue weighted by molar-refractivity contribution is 5.92. The van der Waals surface area contributed by atoms with Crippen molar-refractivity contribution in [2.24, 2.45) is 5.92 Å². The summed E-state index contributed by atoms with van der Waals surface area (Å²) in [6, 6.07) is 1.78. The molecule has 0 aliphatic heterocycles. The van der Waals surface area contributed by atoms with Crippen molar-refractivity contribution in [3.05, 3.63) is 18.0 Å². The molecule has 0 bridgehead atoms. The topological polar surface area (TPSA) is 46.9 Å². The third-order valence-electron chi connectivity index (χ3n) is 3.10. The molecule has 1 saturated carbocycles. The van der Waals surface area contributed by atoms with E-state index < -0.39 is 0 Å². The van der Waals surface area contributed by atoms with Crippen molar-refractivity contribution in [2.75, 3.05) is 6.54 Å². The first-order chi connectivity index (χ1) is 7.79. The maximum atomic E-state index is 11.7. The number of amides is 1. The van der Waals surface area contributed by atoms with Gasteiger partial charge in [-0.25, -0.2) is 0 Å². The van der Waals surface area contributed by atoms with Crippen LogP contribution in [-0.4, -0.2) is 22.2 Å². The Bertz CT molecular complexity index is 355. The maximum absolute atomic E-state index is 11.7. The van der Waals surface area contributed by atoms with Gasteiger partial charge in [-0.1, -0.05) is 13.3 Å². The van der Waals surface area contributed by atoms with Gasteiger partial charge in [0.15, 0.2) is 0 Å². The minimum Gasteiger partial charge on any atom is -0.350 e. The fraction of sp³-hybridized carbons (Fsp3) is 0.667. The predicted octanol–water partition coefficient (Wildman–Crippen LogP) is 1.82. The largest absolute Gasteiger partial charge is 0.350 e. The maximum Gasteiger partial charge on any atom is 0.271 e. The summed E-state index contributed by atoms with van der Waals surface area (Å²) >= 11 is 0. The summed E-state index contributed by atoms with van der Waals surface area (Å²) in [6.07, 6.45) is 6.72. The highest BCUT2D eigenvalue weighted by atomic mass is 16.1. The lowest BCUT2D eigenvalue weighted by molar-refractivity contribution is 0.0933. The lowest BCUT2D eigenvalue weighted by Crippen LogP contribution is -2.32. The third-order valence-corrected chi connectivity index (χ3v) is 3.10. The Morgan fingerprint density at radius 2 is 2.44 bits per heavy atom. The average Bonchev–Trinajstić information content (AvgIpc) is 2.64. The number of nitrogens with one attached hydrogen (secondary N) is 1. The number of rotatable bonds is 5. The van der Waals surface area contributed by atoms with E-state index in [2.05, 4.69) is 17.3 Å². The Morgan fingerprint density at radius 3 is 3.06 bits per heavy atom. The molecule has 4 heteroatoms. The quantitative estimate of drug-likeness (QED) is 0.824. The lowest BCUT2D eigenvalue weighted by Gasteiger charge is -2.25. The van der Waals surface area contributed by atoms with Crippen LogP contribution >= 0.6 is 0 Å². The van der Waals surface area contributed by atoms with Gasteiger partial charge in [0, 0.05) is 19.3 Å². The first kappa shape index (κ1) is 11.2. The Kier molecular flexibility index (Phi) is 3.59. The molecule has 1 aliphatic rings. The van der Waals surface area contributed by atoms with Crippen molar-refractivity contribution in [2.45, 2.75) is 39.2 Å². The SMILES string of the molecule is CCCn1ccc(C(=O)NCC2CCC2)n1. The van der Waals surface area contributed by atoms with Crippen LogP contribution in [0.3, 0.4) is 0 Å². The fourth-order valence-corrected chi connectivity index (χ4v) is 1.86. The molecule has 1 aromatic rings. The molecule has 4 nitrogen and oxygen atoms in total. The lowest BCUT2D eigenvalue weighted by atomic mass is 9.85. The van der Waals surface area contributed by atoms with Gasteiger partial charge in [-0.3, -0.25) is 9.48 Å². The normalized spacial score (nSPS) is 15.8. The highest BCUT2D eigenvalue weighted by Gasteiger charge is 2.18. The van der Waals surface area contributed by atoms with E-state index in [9.17, 15) is 4.79 Å². The minimum atomic E-state index is -0.0400. The third kappa shape index (κ3) is 2.62. The zero-order chi connectivity index (χ0) is 11.4. The van der Waals surface area contributed by atoms with E-state index in [1.165, 1.54) is 19.3 Å². The van der Waals surface area contributed by atoms with Crippen LogP contribution in [0.4, 0.5) is 0 Å². The van der Waals surface area contributed by atoms with Gasteiger partial charge in [-0.15, -0.1) is 0 Å². The summed E-state index contributed by atoms with van der Waals surface area (Å²) in [5.41, 5.74) is 0.535. The number of hydrogen-bond donors (Lipinski definition) is 1. The van der Waals surface area contributed by atoms with E-state index in [1.807, 2.05) is 10.9 Å². The number of nitrogens with zero attached hydrogens (tertiary/aromatic N) is 2. The van der Waals surface area contributed by atoms with Gasteiger partial charge < -0.3 is 5.32 Å². The van der Waals surface area contributed by atoms with Gasteiger partial charge in [0.1, 0.15) is 5.69 Å². The van der Waals surface area contributed by atoms with Crippen LogP contribution in [0.2, 0.25) is 0 Å². The van der Waals surface area contributed by atoms with Crippen LogP contribution in [0.5, 0.6) is 0 Å². The second-order valence-corrected chi connectivity index (χ2v) is 4.47. The zero-order valence-electron chi connectivity index (χ0n) is 9.78. The van der Waals surface area contributed by atoms with Gasteiger partial charge in [0.2, 0.25) is 0 Å². The highest BCUT2D eigenvalue weighted by Crippen LogP contribution is 2.25. The molecule has 0 spiro atoms. The molecule has 1 fully saturated rings. The molecule has 1 aromatic heterocycles. The molecule has 0 unspecified atom stereocenters. The summed E-state index contributed by atoms with van der Waals surface area (Å²) in [6.45, 7) is 3.77. The standard InChI is InChI=1S/C12H19N3O/c1-2-7-15-8-6-11(14-15)12(16)13-9-10-4-3-5-10/h6,8,10H,2-5,7,9H2,1H3,(H,13,16). The van der Waals surface area contributed by atoms with Gasteiger partial charge in [-0.05, 0) is 31.2 Å². The molecule has 16 heavy (non-hydrogen) atoms. The number of hydrogen-bond acceptors (Lipinski definition) is 2. The van der Waals surface area contributed by atoms with Crippen molar-refractivity contribution in [3.63, 3.8) is 0 Å². The van der Waals surface area contributed by atoms with Crippen LogP contribution in [0.25, 0.3) is 0 Å². The molecular weight excluding hydrogens is 202 g/mol. The summed E-state index contributed by atoms with van der Waals surface area (Å²) in [5.74, 6) is 0.656. The summed E-state index contributed by atoms with van der Waals surface area (Å²) in [5, 5.41) is 7.17. The number of aryl methyl sites for hydroxylation is 1. The van der Waals surface area contributed by atoms with Crippen LogP contribution in [0.15, 0.2) is 12.3 Å². The molecule has 88 valence electrons. The van der Waals surface area contributed by atoms with E-state index in [4.69, 9.17) is 0 Å². The molecule has 0 radical (unpaired) electrons. The number of aromatic nitrogens is 2. The van der Waals surface area contributed by atoms with Crippen LogP contribution in [0.1, 0.15) is 43.1 Å². The molecule has 1 heterocycles. The molecule has 1 aliphatic carbocycles. The average molecular weight is 221 g/mol. The summed E-state index contributed by atoms with van der Waals surface area (Å²) in [7, 11) is 0. The van der Waals surface area contributed by atoms with Crippen molar-refractivity contribution in [1.29, 1.82) is 0 Å². The Balaban J connectivity index is 1.82. The Labute approximate surface area is 96.0 Å². The second kappa shape index (κ2) is 5.14. The molecule has 0 aromatic carbocycles. The smallest absolute Gasteiger partial charge is 0.271 e. The first-order valence-corrected chi connectivity index (χ1v) is 6.11. The van der Waals surface area contributed by atoms with Crippen LogP contribution < -0.4 is 5.32 Å². The second-order valence-electron chi connectivity index (χ2n) is 4.47. The molecule has 0 atom stereocenters. The molecule has 1 N–H and O–H groups in total. The summed E-state index contributed by atoms with van der Waals surface area (Å²) < 4.78 is 1.82. The molecule has 2 rings (SSSR count). The predicted molar refractivity (Wildman–Crippen MR) is 62.2 cm³/mol. The monoisotopic (exact) mass is 221 g/mol. The van der Waals surface area contributed by atoms with Crippen LogP contribution in [0, 0.1) is 5.92 Å². The molecule has 1 amide bonds. The van der Waals surface area contributed by atoms with Crippen molar-refractivity contribution < 1.29 is 4.79 Å². The first-order valence-electron chi connectivity index (χ1n) is 6.11. The van der Waals surface area contributed by atoms with E-state index in [1.54, 1.807) is 6.07 Å². The van der Waals surface area contributed by atoms with Crippen molar-refractivity contribution in [1.82, 2.24) is 15.1 Å². The number of carbonyl (C=O) groups is 1. The molecular formula is C12H19N3O. The minimum absolute atomic E-state index is 0.0400. The summed E-state index contributed by atoms with van der Waals surface area (Å²) in [4.78, 5) is 11.7. The van der Waals surface area contributed by atoms with E-state index in [0.29, 0.717) is 11.6 Å². The fourth-order valence-electron chi connectivity index (χ4n) is 1.86. The Morgan fingerprint density at radius 1 is 1.62 bits per heavy atom. The van der Waals surface area contributed by atoms with Gasteiger partial charge in [-0.2, -0.15) is 5.10 Å². The van der Waals surface area contributed by atoms with Gasteiger partial charge in [0.25, 0.3) is 5.91 Å².